The molecule has 0 amide bonds. The minimum atomic E-state index is 0.632. The Labute approximate surface area is 78.8 Å². The second-order valence-electron chi connectivity index (χ2n) is 3.20. The van der Waals surface area contributed by atoms with Gasteiger partial charge in [0, 0.05) is 22.3 Å². The monoisotopic (exact) mass is 183 g/mol. The number of nitrogens with one attached hydrogen (secondary N) is 1. The number of hydrogen-bond donors (Lipinski definition) is 1. The zero-order valence-corrected chi connectivity index (χ0v) is 8.87. The first-order valence-electron chi connectivity index (χ1n) is 4.51. The number of thiophene rings is 1. The van der Waals surface area contributed by atoms with Gasteiger partial charge in [-0.2, -0.15) is 0 Å². The maximum atomic E-state index is 3.47. The lowest BCUT2D eigenvalue weighted by atomic mass is 10.2. The molecule has 1 heterocycles. The largest absolute Gasteiger partial charge is 0.309 e. The molecule has 0 saturated carbocycles. The minimum Gasteiger partial charge on any atom is -0.309 e. The summed E-state index contributed by atoms with van der Waals surface area (Å²) in [5, 5.41) is 3.47. The van der Waals surface area contributed by atoms with E-state index in [1.165, 1.54) is 16.2 Å². The summed E-state index contributed by atoms with van der Waals surface area (Å²) in [7, 11) is 0. The smallest absolute Gasteiger partial charge is 0.0302 e. The molecule has 1 rings (SSSR count). The van der Waals surface area contributed by atoms with E-state index < -0.39 is 0 Å². The summed E-state index contributed by atoms with van der Waals surface area (Å²) in [5.41, 5.74) is 0. The molecular weight excluding hydrogens is 166 g/mol. The average molecular weight is 183 g/mol. The molecule has 0 aromatic carbocycles. The van der Waals surface area contributed by atoms with Gasteiger partial charge in [0.15, 0.2) is 0 Å². The lowest BCUT2D eigenvalue weighted by Crippen LogP contribution is -2.23. The lowest BCUT2D eigenvalue weighted by Gasteiger charge is -2.09. The summed E-state index contributed by atoms with van der Waals surface area (Å²) in [6.45, 7) is 7.60. The van der Waals surface area contributed by atoms with E-state index in [1.54, 1.807) is 0 Å². The third kappa shape index (κ3) is 2.95. The summed E-state index contributed by atoms with van der Waals surface area (Å²) in [6.07, 6.45) is 1.20. The molecular formula is C10H17NS. The van der Waals surface area contributed by atoms with Crippen molar-refractivity contribution in [3.8, 4) is 0 Å². The van der Waals surface area contributed by atoms with Crippen molar-refractivity contribution in [3.63, 3.8) is 0 Å². The first kappa shape index (κ1) is 9.75. The van der Waals surface area contributed by atoms with Crippen molar-refractivity contribution in [1.29, 1.82) is 0 Å². The topological polar surface area (TPSA) is 12.0 Å². The third-order valence-electron chi connectivity index (χ3n) is 2.03. The highest BCUT2D eigenvalue weighted by molar-refractivity contribution is 7.11. The average Bonchev–Trinajstić information content (AvgIpc) is 2.47. The van der Waals surface area contributed by atoms with Crippen molar-refractivity contribution < 1.29 is 0 Å². The molecule has 1 aromatic rings. The Morgan fingerprint density at radius 3 is 2.75 bits per heavy atom. The van der Waals surface area contributed by atoms with Gasteiger partial charge in [-0.15, -0.1) is 11.3 Å². The number of aryl methyl sites for hydroxylation is 1. The van der Waals surface area contributed by atoms with Gasteiger partial charge in [-0.3, -0.25) is 0 Å². The van der Waals surface area contributed by atoms with E-state index in [9.17, 15) is 0 Å². The van der Waals surface area contributed by atoms with Crippen LogP contribution in [-0.4, -0.2) is 6.04 Å². The van der Waals surface area contributed by atoms with Crippen molar-refractivity contribution in [2.45, 2.75) is 39.8 Å². The van der Waals surface area contributed by atoms with Crippen molar-refractivity contribution in [1.82, 2.24) is 5.32 Å². The highest BCUT2D eigenvalue weighted by Crippen LogP contribution is 2.14. The van der Waals surface area contributed by atoms with Gasteiger partial charge in [0.1, 0.15) is 0 Å². The Morgan fingerprint density at radius 2 is 2.25 bits per heavy atom. The molecule has 12 heavy (non-hydrogen) atoms. The van der Waals surface area contributed by atoms with Crippen LogP contribution in [0.25, 0.3) is 0 Å². The molecule has 1 atom stereocenters. The van der Waals surface area contributed by atoms with Crippen LogP contribution in [0.1, 0.15) is 30.0 Å². The molecule has 0 aliphatic carbocycles. The number of hydrogen-bond acceptors (Lipinski definition) is 2. The van der Waals surface area contributed by atoms with E-state index in [-0.39, 0.29) is 0 Å². The van der Waals surface area contributed by atoms with E-state index >= 15 is 0 Å². The fourth-order valence-corrected chi connectivity index (χ4v) is 1.84. The van der Waals surface area contributed by atoms with E-state index in [0.717, 1.165) is 6.54 Å². The maximum Gasteiger partial charge on any atom is 0.0302 e. The quantitative estimate of drug-likeness (QED) is 0.756. The van der Waals surface area contributed by atoms with Crippen molar-refractivity contribution in [2.24, 2.45) is 0 Å². The number of rotatable bonds is 4. The Hall–Kier alpha value is -0.340. The van der Waals surface area contributed by atoms with Crippen LogP contribution in [0.4, 0.5) is 0 Å². The van der Waals surface area contributed by atoms with Crippen LogP contribution in [0.15, 0.2) is 12.1 Å². The summed E-state index contributed by atoms with van der Waals surface area (Å²) in [4.78, 5) is 2.84. The molecule has 2 heteroatoms. The van der Waals surface area contributed by atoms with E-state index in [4.69, 9.17) is 0 Å². The van der Waals surface area contributed by atoms with Crippen LogP contribution in [0.2, 0.25) is 0 Å². The van der Waals surface area contributed by atoms with Gasteiger partial charge >= 0.3 is 0 Å². The van der Waals surface area contributed by atoms with Gasteiger partial charge in [0.05, 0.1) is 0 Å². The molecule has 0 radical (unpaired) electrons. The highest BCUT2D eigenvalue weighted by atomic mass is 32.1. The second-order valence-corrected chi connectivity index (χ2v) is 4.58. The van der Waals surface area contributed by atoms with E-state index in [1.807, 2.05) is 11.3 Å². The predicted molar refractivity (Wildman–Crippen MR) is 55.6 cm³/mol. The lowest BCUT2D eigenvalue weighted by molar-refractivity contribution is 0.537. The Morgan fingerprint density at radius 1 is 1.50 bits per heavy atom. The molecule has 1 aromatic heterocycles. The minimum absolute atomic E-state index is 0.632. The third-order valence-corrected chi connectivity index (χ3v) is 3.03. The molecule has 0 unspecified atom stereocenters. The maximum absolute atomic E-state index is 3.47. The molecule has 0 bridgehead atoms. The zero-order chi connectivity index (χ0) is 8.97. The molecule has 0 aliphatic rings. The van der Waals surface area contributed by atoms with Gasteiger partial charge < -0.3 is 5.32 Å². The van der Waals surface area contributed by atoms with Crippen LogP contribution in [-0.2, 0) is 6.54 Å². The van der Waals surface area contributed by atoms with Crippen LogP contribution in [0.3, 0.4) is 0 Å². The van der Waals surface area contributed by atoms with Gasteiger partial charge in [0.2, 0.25) is 0 Å². The fraction of sp³-hybridized carbons (Fsp3) is 0.600. The van der Waals surface area contributed by atoms with Crippen molar-refractivity contribution >= 4 is 11.3 Å². The van der Waals surface area contributed by atoms with Gasteiger partial charge in [-0.05, 0) is 32.4 Å². The summed E-state index contributed by atoms with van der Waals surface area (Å²) < 4.78 is 0. The molecule has 0 aliphatic heterocycles. The molecule has 0 saturated heterocycles. The molecule has 0 fully saturated rings. The SMILES string of the molecule is CC[C@H](C)NCc1ccc(C)s1. The summed E-state index contributed by atoms with van der Waals surface area (Å²) in [5.74, 6) is 0. The van der Waals surface area contributed by atoms with Crippen molar-refractivity contribution in [3.05, 3.63) is 21.9 Å². The van der Waals surface area contributed by atoms with Crippen molar-refractivity contribution in [2.75, 3.05) is 0 Å². The summed E-state index contributed by atoms with van der Waals surface area (Å²) in [6, 6.07) is 5.01. The molecule has 0 spiro atoms. The molecule has 1 N–H and O–H groups in total. The van der Waals surface area contributed by atoms with Gasteiger partial charge in [-0.1, -0.05) is 6.92 Å². The normalized spacial score (nSPS) is 13.2. The molecule has 1 nitrogen and oxygen atoms in total. The predicted octanol–water partition coefficient (Wildman–Crippen LogP) is 2.94. The first-order valence-corrected chi connectivity index (χ1v) is 5.32. The van der Waals surface area contributed by atoms with Crippen LogP contribution >= 0.6 is 11.3 Å². The van der Waals surface area contributed by atoms with Crippen LogP contribution in [0, 0.1) is 6.92 Å². The zero-order valence-electron chi connectivity index (χ0n) is 8.05. The summed E-state index contributed by atoms with van der Waals surface area (Å²) >= 11 is 1.88. The molecule has 68 valence electrons. The Kier molecular flexibility index (Phi) is 3.76. The van der Waals surface area contributed by atoms with Gasteiger partial charge in [-0.25, -0.2) is 0 Å². The van der Waals surface area contributed by atoms with Gasteiger partial charge in [0.25, 0.3) is 0 Å². The van der Waals surface area contributed by atoms with E-state index in [0.29, 0.717) is 6.04 Å². The fourth-order valence-electron chi connectivity index (χ4n) is 0.999. The highest BCUT2D eigenvalue weighted by Gasteiger charge is 1.99. The van der Waals surface area contributed by atoms with Crippen LogP contribution < -0.4 is 5.32 Å². The van der Waals surface area contributed by atoms with Crippen LogP contribution in [0.5, 0.6) is 0 Å². The standard InChI is InChI=1S/C10H17NS/c1-4-8(2)11-7-10-6-5-9(3)12-10/h5-6,8,11H,4,7H2,1-3H3/t8-/m0/s1. The van der Waals surface area contributed by atoms with E-state index in [2.05, 4.69) is 38.2 Å². The first-order chi connectivity index (χ1) is 5.72. The second kappa shape index (κ2) is 4.63. The Balaban J connectivity index is 2.33. The Bertz CT molecular complexity index is 229.